The number of aliphatic hydroxyl groups is 1. The SMILES string of the molecule is C[C@@H]1C[C@@H](O)c2ncnc(N3CCN(C(=O)[C@H](CCNC4CCCCC4)c4ccc(Cl)cc4)CC3)c21. The molecular weight excluding hydrogens is 474 g/mol. The summed E-state index contributed by atoms with van der Waals surface area (Å²) in [6.07, 6.45) is 8.94. The number of aromatic nitrogens is 2. The number of hydrogen-bond acceptors (Lipinski definition) is 6. The molecule has 3 atom stereocenters. The summed E-state index contributed by atoms with van der Waals surface area (Å²) < 4.78 is 0. The average molecular weight is 512 g/mol. The second-order valence-corrected chi connectivity index (χ2v) is 11.1. The molecule has 0 radical (unpaired) electrons. The molecule has 1 saturated carbocycles. The summed E-state index contributed by atoms with van der Waals surface area (Å²) in [6.45, 7) is 5.75. The minimum absolute atomic E-state index is 0.177. The Morgan fingerprint density at radius 2 is 1.83 bits per heavy atom. The molecule has 2 aliphatic carbocycles. The van der Waals surface area contributed by atoms with E-state index in [9.17, 15) is 9.90 Å². The summed E-state index contributed by atoms with van der Waals surface area (Å²) in [5.41, 5.74) is 2.87. The first-order valence-corrected chi connectivity index (χ1v) is 13.9. The van der Waals surface area contributed by atoms with Crippen molar-refractivity contribution < 1.29 is 9.90 Å². The Hall–Kier alpha value is -2.22. The Morgan fingerprint density at radius 3 is 2.56 bits per heavy atom. The van der Waals surface area contributed by atoms with Crippen LogP contribution in [0.3, 0.4) is 0 Å². The summed E-state index contributed by atoms with van der Waals surface area (Å²) in [5, 5.41) is 14.8. The van der Waals surface area contributed by atoms with Crippen molar-refractivity contribution in [3.63, 3.8) is 0 Å². The van der Waals surface area contributed by atoms with Gasteiger partial charge in [0.15, 0.2) is 0 Å². The molecule has 5 rings (SSSR count). The summed E-state index contributed by atoms with van der Waals surface area (Å²) >= 11 is 6.15. The zero-order valence-electron chi connectivity index (χ0n) is 21.2. The van der Waals surface area contributed by atoms with E-state index in [-0.39, 0.29) is 17.7 Å². The molecule has 3 aliphatic rings. The van der Waals surface area contributed by atoms with Gasteiger partial charge in [0.1, 0.15) is 12.1 Å². The number of anilines is 1. The van der Waals surface area contributed by atoms with Gasteiger partial charge in [-0.15, -0.1) is 0 Å². The lowest BCUT2D eigenvalue weighted by Crippen LogP contribution is -2.50. The van der Waals surface area contributed by atoms with E-state index in [1.807, 2.05) is 29.2 Å². The van der Waals surface area contributed by atoms with Gasteiger partial charge in [0.05, 0.1) is 17.7 Å². The summed E-state index contributed by atoms with van der Waals surface area (Å²) in [6, 6.07) is 8.35. The molecule has 1 saturated heterocycles. The van der Waals surface area contributed by atoms with Crippen LogP contribution in [0.5, 0.6) is 0 Å². The molecule has 0 spiro atoms. The van der Waals surface area contributed by atoms with Crippen molar-refractivity contribution in [1.29, 1.82) is 0 Å². The number of rotatable bonds is 7. The van der Waals surface area contributed by atoms with E-state index in [2.05, 4.69) is 27.1 Å². The number of hydrogen-bond donors (Lipinski definition) is 2. The van der Waals surface area contributed by atoms with Gasteiger partial charge in [-0.3, -0.25) is 4.79 Å². The van der Waals surface area contributed by atoms with Gasteiger partial charge < -0.3 is 20.2 Å². The van der Waals surface area contributed by atoms with Gasteiger partial charge in [-0.1, -0.05) is 49.9 Å². The first-order valence-electron chi connectivity index (χ1n) is 13.6. The number of fused-ring (bicyclic) bond motifs is 1. The Bertz CT molecular complexity index is 1030. The topological polar surface area (TPSA) is 81.6 Å². The number of nitrogens with zero attached hydrogens (tertiary/aromatic N) is 4. The van der Waals surface area contributed by atoms with Crippen molar-refractivity contribution in [2.45, 2.75) is 75.9 Å². The summed E-state index contributed by atoms with van der Waals surface area (Å²) in [7, 11) is 0. The molecule has 2 fully saturated rings. The van der Waals surface area contributed by atoms with E-state index in [1.165, 1.54) is 32.1 Å². The zero-order chi connectivity index (χ0) is 25.1. The number of carbonyl (C=O) groups excluding carboxylic acids is 1. The molecule has 194 valence electrons. The highest BCUT2D eigenvalue weighted by Gasteiger charge is 2.35. The van der Waals surface area contributed by atoms with Crippen molar-refractivity contribution in [2.75, 3.05) is 37.6 Å². The third-order valence-corrected chi connectivity index (χ3v) is 8.46. The second-order valence-electron chi connectivity index (χ2n) is 10.6. The quantitative estimate of drug-likeness (QED) is 0.573. The van der Waals surface area contributed by atoms with Gasteiger partial charge in [0.2, 0.25) is 5.91 Å². The van der Waals surface area contributed by atoms with E-state index < -0.39 is 6.10 Å². The monoisotopic (exact) mass is 511 g/mol. The van der Waals surface area contributed by atoms with Gasteiger partial charge in [0.25, 0.3) is 0 Å². The summed E-state index contributed by atoms with van der Waals surface area (Å²) in [4.78, 5) is 27.0. The molecule has 1 amide bonds. The van der Waals surface area contributed by atoms with Crippen LogP contribution < -0.4 is 10.2 Å². The molecule has 2 N–H and O–H groups in total. The highest BCUT2D eigenvalue weighted by atomic mass is 35.5. The standard InChI is InChI=1S/C28H38ClN5O2/c1-19-17-24(35)26-25(19)27(32-18-31-26)33-13-15-34(16-14-33)28(36)23(20-7-9-21(29)10-8-20)11-12-30-22-5-3-2-4-6-22/h7-10,18-19,22-24,30,35H,2-6,11-17H2,1H3/t19-,23-,24-/m1/s1. The van der Waals surface area contributed by atoms with Crippen molar-refractivity contribution >= 4 is 23.3 Å². The van der Waals surface area contributed by atoms with Crippen LogP contribution in [0.1, 0.15) is 86.6 Å². The molecule has 36 heavy (non-hydrogen) atoms. The van der Waals surface area contributed by atoms with Crippen LogP contribution in [0.2, 0.25) is 5.02 Å². The Balaban J connectivity index is 1.24. The second kappa shape index (κ2) is 11.4. The third-order valence-electron chi connectivity index (χ3n) is 8.21. The van der Waals surface area contributed by atoms with Crippen LogP contribution in [0.25, 0.3) is 0 Å². The van der Waals surface area contributed by atoms with Crippen molar-refractivity contribution in [1.82, 2.24) is 20.2 Å². The number of nitrogens with one attached hydrogen (secondary N) is 1. The van der Waals surface area contributed by atoms with Crippen molar-refractivity contribution in [3.05, 3.63) is 52.4 Å². The van der Waals surface area contributed by atoms with E-state index in [4.69, 9.17) is 11.6 Å². The molecule has 1 aliphatic heterocycles. The van der Waals surface area contributed by atoms with Gasteiger partial charge in [-0.05, 0) is 55.8 Å². The number of amides is 1. The minimum Gasteiger partial charge on any atom is -0.387 e. The van der Waals surface area contributed by atoms with Gasteiger partial charge in [-0.25, -0.2) is 9.97 Å². The Morgan fingerprint density at radius 1 is 1.11 bits per heavy atom. The normalized spacial score (nSPS) is 23.5. The van der Waals surface area contributed by atoms with E-state index in [1.54, 1.807) is 6.33 Å². The predicted octanol–water partition coefficient (Wildman–Crippen LogP) is 4.42. The average Bonchev–Trinajstić information content (AvgIpc) is 3.21. The lowest BCUT2D eigenvalue weighted by atomic mass is 9.92. The van der Waals surface area contributed by atoms with E-state index in [0.717, 1.165) is 48.7 Å². The van der Waals surface area contributed by atoms with Crippen LogP contribution in [0.15, 0.2) is 30.6 Å². The molecule has 1 aromatic carbocycles. The first kappa shape index (κ1) is 25.4. The summed E-state index contributed by atoms with van der Waals surface area (Å²) in [5.74, 6) is 1.17. The third kappa shape index (κ3) is 5.53. The van der Waals surface area contributed by atoms with E-state index in [0.29, 0.717) is 30.6 Å². The fourth-order valence-corrected chi connectivity index (χ4v) is 6.31. The maximum atomic E-state index is 13.8. The smallest absolute Gasteiger partial charge is 0.230 e. The zero-order valence-corrected chi connectivity index (χ0v) is 22.0. The Kier molecular flexibility index (Phi) is 8.09. The van der Waals surface area contributed by atoms with Crippen LogP contribution in [0.4, 0.5) is 5.82 Å². The van der Waals surface area contributed by atoms with Crippen LogP contribution in [0, 0.1) is 0 Å². The maximum Gasteiger partial charge on any atom is 0.230 e. The number of carbonyl (C=O) groups is 1. The number of halogens is 1. The van der Waals surface area contributed by atoms with Crippen LogP contribution >= 0.6 is 11.6 Å². The van der Waals surface area contributed by atoms with Crippen molar-refractivity contribution in [2.24, 2.45) is 0 Å². The van der Waals surface area contributed by atoms with E-state index >= 15 is 0 Å². The maximum absolute atomic E-state index is 13.8. The lowest BCUT2D eigenvalue weighted by Gasteiger charge is -2.38. The van der Waals surface area contributed by atoms with Crippen LogP contribution in [-0.4, -0.2) is 64.6 Å². The Labute approximate surface area is 219 Å². The highest BCUT2D eigenvalue weighted by Crippen LogP contribution is 2.42. The minimum atomic E-state index is -0.512. The van der Waals surface area contributed by atoms with Crippen LogP contribution in [-0.2, 0) is 4.79 Å². The molecular formula is C28H38ClN5O2. The molecule has 8 heteroatoms. The molecule has 2 aromatic rings. The highest BCUT2D eigenvalue weighted by molar-refractivity contribution is 6.30. The molecule has 0 unspecified atom stereocenters. The first-order chi connectivity index (χ1) is 17.5. The molecule has 7 nitrogen and oxygen atoms in total. The molecule has 1 aromatic heterocycles. The predicted molar refractivity (Wildman–Crippen MR) is 143 cm³/mol. The van der Waals surface area contributed by atoms with Crippen molar-refractivity contribution in [3.8, 4) is 0 Å². The molecule has 0 bridgehead atoms. The van der Waals surface area contributed by atoms with Gasteiger partial charge in [0, 0.05) is 42.8 Å². The number of aliphatic hydroxyl groups excluding tert-OH is 1. The number of benzene rings is 1. The lowest BCUT2D eigenvalue weighted by molar-refractivity contribution is -0.133. The van der Waals surface area contributed by atoms with Gasteiger partial charge in [-0.2, -0.15) is 0 Å². The van der Waals surface area contributed by atoms with Gasteiger partial charge >= 0.3 is 0 Å². The fraction of sp³-hybridized carbons (Fsp3) is 0.607. The molecule has 2 heterocycles. The fourth-order valence-electron chi connectivity index (χ4n) is 6.18. The number of piperazine rings is 1. The largest absolute Gasteiger partial charge is 0.387 e.